The Morgan fingerprint density at radius 2 is 2.22 bits per heavy atom. The molecule has 1 fully saturated rings. The molecule has 0 aliphatic carbocycles. The number of hydrogen-bond donors (Lipinski definition) is 1. The number of amides is 1. The lowest BCUT2D eigenvalue weighted by Crippen LogP contribution is -2.39. The van der Waals surface area contributed by atoms with Gasteiger partial charge in [-0.1, -0.05) is 11.2 Å². The highest BCUT2D eigenvalue weighted by molar-refractivity contribution is 5.91. The van der Waals surface area contributed by atoms with Crippen LogP contribution in [0, 0.1) is 12.8 Å². The predicted octanol–water partition coefficient (Wildman–Crippen LogP) is 2.79. The first-order valence-corrected chi connectivity index (χ1v) is 8.01. The van der Waals surface area contributed by atoms with Gasteiger partial charge in [0.15, 0.2) is 5.82 Å². The Kier molecular flexibility index (Phi) is 4.71. The number of anilines is 1. The van der Waals surface area contributed by atoms with Gasteiger partial charge in [0.05, 0.1) is 0 Å². The van der Waals surface area contributed by atoms with Gasteiger partial charge in [-0.25, -0.2) is 0 Å². The van der Waals surface area contributed by atoms with E-state index in [1.807, 2.05) is 12.3 Å². The van der Waals surface area contributed by atoms with Crippen LogP contribution in [0.1, 0.15) is 37.1 Å². The van der Waals surface area contributed by atoms with E-state index < -0.39 is 0 Å². The Hall–Kier alpha value is -2.21. The maximum atomic E-state index is 12.3. The first-order chi connectivity index (χ1) is 11.1. The van der Waals surface area contributed by atoms with Crippen molar-refractivity contribution in [2.75, 3.05) is 18.4 Å². The van der Waals surface area contributed by atoms with Crippen molar-refractivity contribution in [2.45, 2.75) is 32.7 Å². The minimum atomic E-state index is 0.0318. The second-order valence-electron chi connectivity index (χ2n) is 6.08. The Labute approximate surface area is 135 Å². The van der Waals surface area contributed by atoms with Crippen molar-refractivity contribution in [3.8, 4) is 0 Å². The summed E-state index contributed by atoms with van der Waals surface area (Å²) in [6, 6.07) is 6.12. The van der Waals surface area contributed by atoms with E-state index in [0.717, 1.165) is 25.9 Å². The zero-order valence-electron chi connectivity index (χ0n) is 13.5. The molecule has 0 aromatic carbocycles. The summed E-state index contributed by atoms with van der Waals surface area (Å²) in [7, 11) is 0. The van der Waals surface area contributed by atoms with Crippen molar-refractivity contribution in [3.05, 3.63) is 41.9 Å². The quantitative estimate of drug-likeness (QED) is 0.939. The summed E-state index contributed by atoms with van der Waals surface area (Å²) in [4.78, 5) is 18.9. The molecule has 1 aliphatic rings. The molecule has 6 heteroatoms. The fourth-order valence-corrected chi connectivity index (χ4v) is 3.04. The van der Waals surface area contributed by atoms with E-state index in [2.05, 4.69) is 33.3 Å². The van der Waals surface area contributed by atoms with E-state index in [9.17, 15) is 4.79 Å². The number of piperidine rings is 1. The number of nitrogens with one attached hydrogen (secondary N) is 1. The highest BCUT2D eigenvalue weighted by Crippen LogP contribution is 2.26. The molecule has 2 aromatic rings. The summed E-state index contributed by atoms with van der Waals surface area (Å²) >= 11 is 0. The van der Waals surface area contributed by atoms with Crippen molar-refractivity contribution in [1.82, 2.24) is 15.0 Å². The van der Waals surface area contributed by atoms with E-state index in [1.54, 1.807) is 19.2 Å². The van der Waals surface area contributed by atoms with Gasteiger partial charge in [0, 0.05) is 30.4 Å². The molecule has 1 amide bonds. The van der Waals surface area contributed by atoms with Gasteiger partial charge in [-0.15, -0.1) is 0 Å². The summed E-state index contributed by atoms with van der Waals surface area (Å²) in [5.41, 5.74) is 1.22. The molecule has 0 saturated carbocycles. The van der Waals surface area contributed by atoms with Crippen LogP contribution in [0.25, 0.3) is 0 Å². The van der Waals surface area contributed by atoms with Crippen LogP contribution in [0.5, 0.6) is 0 Å². The summed E-state index contributed by atoms with van der Waals surface area (Å²) in [6.45, 7) is 5.81. The van der Waals surface area contributed by atoms with Crippen LogP contribution in [0.2, 0.25) is 0 Å². The molecule has 2 aromatic heterocycles. The molecule has 1 aliphatic heterocycles. The Morgan fingerprint density at radius 1 is 1.43 bits per heavy atom. The Bertz CT molecular complexity index is 648. The van der Waals surface area contributed by atoms with Gasteiger partial charge in [-0.05, 0) is 51.4 Å². The van der Waals surface area contributed by atoms with Crippen molar-refractivity contribution < 1.29 is 9.32 Å². The lowest BCUT2D eigenvalue weighted by atomic mass is 9.94. The number of carbonyl (C=O) groups is 1. The van der Waals surface area contributed by atoms with Crippen LogP contribution in [-0.2, 0) is 4.79 Å². The minimum Gasteiger partial charge on any atom is -0.360 e. The number of likely N-dealkylation sites (tertiary alicyclic amines) is 1. The minimum absolute atomic E-state index is 0.0318. The van der Waals surface area contributed by atoms with Gasteiger partial charge in [-0.2, -0.15) is 0 Å². The molecule has 3 heterocycles. The van der Waals surface area contributed by atoms with E-state index in [-0.39, 0.29) is 11.8 Å². The lowest BCUT2D eigenvalue weighted by Gasteiger charge is -2.35. The molecule has 0 bridgehead atoms. The number of carbonyl (C=O) groups excluding carboxylic acids is 1. The topological polar surface area (TPSA) is 71.3 Å². The fourth-order valence-electron chi connectivity index (χ4n) is 3.04. The van der Waals surface area contributed by atoms with Crippen LogP contribution < -0.4 is 5.32 Å². The third-order valence-corrected chi connectivity index (χ3v) is 4.49. The SMILES string of the molecule is Cc1cc(NC(=O)C2CCN(C(C)c3cccnc3)CC2)no1. The van der Waals surface area contributed by atoms with E-state index in [1.165, 1.54) is 5.56 Å². The number of rotatable bonds is 4. The van der Waals surface area contributed by atoms with Crippen LogP contribution in [0.3, 0.4) is 0 Å². The first kappa shape index (κ1) is 15.7. The second kappa shape index (κ2) is 6.91. The molecular weight excluding hydrogens is 292 g/mol. The lowest BCUT2D eigenvalue weighted by molar-refractivity contribution is -0.121. The van der Waals surface area contributed by atoms with Gasteiger partial charge < -0.3 is 9.84 Å². The van der Waals surface area contributed by atoms with Crippen LogP contribution in [0.4, 0.5) is 5.82 Å². The smallest absolute Gasteiger partial charge is 0.228 e. The van der Waals surface area contributed by atoms with Crippen molar-refractivity contribution in [1.29, 1.82) is 0 Å². The van der Waals surface area contributed by atoms with E-state index >= 15 is 0 Å². The first-order valence-electron chi connectivity index (χ1n) is 8.01. The van der Waals surface area contributed by atoms with E-state index in [4.69, 9.17) is 4.52 Å². The number of pyridine rings is 1. The third kappa shape index (κ3) is 3.76. The molecule has 1 unspecified atom stereocenters. The standard InChI is InChI=1S/C17H22N4O2/c1-12-10-16(20-23-12)19-17(22)14-5-8-21(9-6-14)13(2)15-4-3-7-18-11-15/h3-4,7,10-11,13-14H,5-6,8-9H2,1-2H3,(H,19,20,22). The molecular formula is C17H22N4O2. The largest absolute Gasteiger partial charge is 0.360 e. The summed E-state index contributed by atoms with van der Waals surface area (Å²) in [5, 5.41) is 6.65. The molecule has 1 atom stereocenters. The molecule has 23 heavy (non-hydrogen) atoms. The number of aromatic nitrogens is 2. The van der Waals surface area contributed by atoms with Crippen LogP contribution in [0.15, 0.2) is 35.1 Å². The summed E-state index contributed by atoms with van der Waals surface area (Å²) in [6.07, 6.45) is 5.41. The normalized spacial score (nSPS) is 17.8. The maximum Gasteiger partial charge on any atom is 0.228 e. The van der Waals surface area contributed by atoms with Crippen molar-refractivity contribution >= 4 is 11.7 Å². The number of nitrogens with zero attached hydrogens (tertiary/aromatic N) is 3. The van der Waals surface area contributed by atoms with Gasteiger partial charge in [0.1, 0.15) is 5.76 Å². The highest BCUT2D eigenvalue weighted by Gasteiger charge is 2.28. The predicted molar refractivity (Wildman–Crippen MR) is 86.8 cm³/mol. The van der Waals surface area contributed by atoms with Gasteiger partial charge in [-0.3, -0.25) is 14.7 Å². The monoisotopic (exact) mass is 314 g/mol. The van der Waals surface area contributed by atoms with Gasteiger partial charge >= 0.3 is 0 Å². The molecule has 122 valence electrons. The fraction of sp³-hybridized carbons (Fsp3) is 0.471. The van der Waals surface area contributed by atoms with Crippen LogP contribution in [-0.4, -0.2) is 34.0 Å². The maximum absolute atomic E-state index is 12.3. The number of aryl methyl sites for hydroxylation is 1. The molecule has 6 nitrogen and oxygen atoms in total. The van der Waals surface area contributed by atoms with Gasteiger partial charge in [0.25, 0.3) is 0 Å². The zero-order chi connectivity index (χ0) is 16.2. The van der Waals surface area contributed by atoms with Crippen LogP contribution >= 0.6 is 0 Å². The highest BCUT2D eigenvalue weighted by atomic mass is 16.5. The van der Waals surface area contributed by atoms with Gasteiger partial charge in [0.2, 0.25) is 5.91 Å². The summed E-state index contributed by atoms with van der Waals surface area (Å²) in [5.74, 6) is 1.26. The summed E-state index contributed by atoms with van der Waals surface area (Å²) < 4.78 is 4.97. The third-order valence-electron chi connectivity index (χ3n) is 4.49. The number of hydrogen-bond acceptors (Lipinski definition) is 5. The van der Waals surface area contributed by atoms with Crippen molar-refractivity contribution in [2.24, 2.45) is 5.92 Å². The molecule has 1 saturated heterocycles. The average Bonchev–Trinajstić information content (AvgIpc) is 3.00. The average molecular weight is 314 g/mol. The molecule has 1 N–H and O–H groups in total. The molecule has 0 spiro atoms. The Balaban J connectivity index is 1.53. The molecule has 0 radical (unpaired) electrons. The zero-order valence-corrected chi connectivity index (χ0v) is 13.5. The Morgan fingerprint density at radius 3 is 2.83 bits per heavy atom. The molecule has 3 rings (SSSR count). The second-order valence-corrected chi connectivity index (χ2v) is 6.08. The van der Waals surface area contributed by atoms with E-state index in [0.29, 0.717) is 17.6 Å². The van der Waals surface area contributed by atoms with Crippen molar-refractivity contribution in [3.63, 3.8) is 0 Å².